The fourth-order valence-corrected chi connectivity index (χ4v) is 4.80. The summed E-state index contributed by atoms with van der Waals surface area (Å²) in [5.74, 6) is -0.501. The fourth-order valence-electron chi connectivity index (χ4n) is 3.89. The van der Waals surface area contributed by atoms with Gasteiger partial charge in [-0.2, -0.15) is 0 Å². The standard InChI is InChI=1S/C23H18FN5O3S/c1-11-28-29-23(32-11)19-14(7-4-12-2-5-13(24)6-3-12)27-15-10-26-22(31)18(15)20(19)16-8-9-17(33-16)21(25)30/h2-3,5-6,8-9H,4,7,10H2,1H3,(H2,25,30)(H,26,31). The van der Waals surface area contributed by atoms with Crippen LogP contribution < -0.4 is 11.1 Å². The van der Waals surface area contributed by atoms with E-state index < -0.39 is 5.91 Å². The summed E-state index contributed by atoms with van der Waals surface area (Å²) in [6.45, 7) is 1.97. The first-order chi connectivity index (χ1) is 15.9. The maximum atomic E-state index is 13.3. The van der Waals surface area contributed by atoms with E-state index in [9.17, 15) is 14.0 Å². The summed E-state index contributed by atoms with van der Waals surface area (Å²) in [6, 6.07) is 9.66. The van der Waals surface area contributed by atoms with Crippen molar-refractivity contribution in [3.63, 3.8) is 0 Å². The third-order valence-electron chi connectivity index (χ3n) is 5.39. The number of aromatic nitrogens is 3. The minimum absolute atomic E-state index is 0.237. The van der Waals surface area contributed by atoms with Crippen molar-refractivity contribution in [2.45, 2.75) is 26.3 Å². The van der Waals surface area contributed by atoms with Gasteiger partial charge in [-0.15, -0.1) is 21.5 Å². The maximum absolute atomic E-state index is 13.3. The Morgan fingerprint density at radius 3 is 2.58 bits per heavy atom. The number of hydrogen-bond acceptors (Lipinski definition) is 7. The Morgan fingerprint density at radius 2 is 1.91 bits per heavy atom. The molecule has 3 N–H and O–H groups in total. The lowest BCUT2D eigenvalue weighted by Crippen LogP contribution is -2.13. The van der Waals surface area contributed by atoms with Gasteiger partial charge in [0.2, 0.25) is 11.8 Å². The number of nitrogens with zero attached hydrogens (tertiary/aromatic N) is 3. The van der Waals surface area contributed by atoms with E-state index in [1.165, 1.54) is 23.5 Å². The number of rotatable bonds is 6. The van der Waals surface area contributed by atoms with Crippen LogP contribution in [0, 0.1) is 12.7 Å². The summed E-state index contributed by atoms with van der Waals surface area (Å²) in [7, 11) is 0. The van der Waals surface area contributed by atoms with E-state index >= 15 is 0 Å². The number of halogens is 1. The molecule has 0 saturated heterocycles. The summed E-state index contributed by atoms with van der Waals surface area (Å²) < 4.78 is 19.1. The summed E-state index contributed by atoms with van der Waals surface area (Å²) >= 11 is 1.19. The first-order valence-electron chi connectivity index (χ1n) is 10.2. The van der Waals surface area contributed by atoms with Crippen LogP contribution in [0.3, 0.4) is 0 Å². The average Bonchev–Trinajstić information content (AvgIpc) is 3.53. The number of hydrogen-bond donors (Lipinski definition) is 2. The zero-order chi connectivity index (χ0) is 23.1. The lowest BCUT2D eigenvalue weighted by Gasteiger charge is -2.14. The molecule has 0 bridgehead atoms. The summed E-state index contributed by atoms with van der Waals surface area (Å²) in [4.78, 5) is 30.3. The largest absolute Gasteiger partial charge is 0.421 e. The van der Waals surface area contributed by atoms with Crippen LogP contribution in [0.1, 0.15) is 42.9 Å². The molecule has 0 unspecified atom stereocenters. The van der Waals surface area contributed by atoms with E-state index in [0.717, 1.165) is 5.56 Å². The lowest BCUT2D eigenvalue weighted by atomic mass is 9.94. The lowest BCUT2D eigenvalue weighted by molar-refractivity contribution is 0.0964. The highest BCUT2D eigenvalue weighted by Crippen LogP contribution is 2.42. The van der Waals surface area contributed by atoms with Crippen LogP contribution in [0.5, 0.6) is 0 Å². The van der Waals surface area contributed by atoms with Crippen molar-refractivity contribution in [3.05, 3.63) is 75.5 Å². The number of carbonyl (C=O) groups excluding carboxylic acids is 2. The van der Waals surface area contributed by atoms with Crippen LogP contribution in [0.4, 0.5) is 4.39 Å². The average molecular weight is 463 g/mol. The van der Waals surface area contributed by atoms with E-state index in [4.69, 9.17) is 15.1 Å². The molecule has 2 amide bonds. The predicted octanol–water partition coefficient (Wildman–Crippen LogP) is 3.44. The summed E-state index contributed by atoms with van der Waals surface area (Å²) in [5, 5.41) is 11.0. The highest BCUT2D eigenvalue weighted by molar-refractivity contribution is 7.17. The number of aryl methyl sites for hydroxylation is 3. The number of fused-ring (bicyclic) bond motifs is 1. The molecule has 0 spiro atoms. The Hall–Kier alpha value is -3.92. The van der Waals surface area contributed by atoms with Crippen molar-refractivity contribution >= 4 is 23.2 Å². The molecular weight excluding hydrogens is 445 g/mol. The van der Waals surface area contributed by atoms with Crippen LogP contribution >= 0.6 is 11.3 Å². The van der Waals surface area contributed by atoms with E-state index in [1.807, 2.05) is 0 Å². The second-order valence-corrected chi connectivity index (χ2v) is 8.68. The highest BCUT2D eigenvalue weighted by atomic mass is 32.1. The minimum Gasteiger partial charge on any atom is -0.421 e. The Labute approximate surface area is 191 Å². The summed E-state index contributed by atoms with van der Waals surface area (Å²) in [5.41, 5.74) is 9.24. The molecule has 10 heteroatoms. The Balaban J connectivity index is 1.70. The van der Waals surface area contributed by atoms with Crippen molar-refractivity contribution in [2.75, 3.05) is 0 Å². The third kappa shape index (κ3) is 3.89. The quantitative estimate of drug-likeness (QED) is 0.451. The molecule has 3 aromatic heterocycles. The number of nitrogens with one attached hydrogen (secondary N) is 1. The maximum Gasteiger partial charge on any atom is 0.258 e. The molecule has 0 fully saturated rings. The van der Waals surface area contributed by atoms with Crippen molar-refractivity contribution < 1.29 is 18.4 Å². The van der Waals surface area contributed by atoms with Gasteiger partial charge in [0.05, 0.1) is 33.9 Å². The van der Waals surface area contributed by atoms with Crippen LogP contribution in [-0.2, 0) is 19.4 Å². The number of benzene rings is 1. The van der Waals surface area contributed by atoms with Gasteiger partial charge >= 0.3 is 0 Å². The fraction of sp³-hybridized carbons (Fsp3) is 0.174. The number of thiophene rings is 1. The monoisotopic (exact) mass is 463 g/mol. The van der Waals surface area contributed by atoms with Gasteiger partial charge in [0.15, 0.2) is 0 Å². The normalized spacial score (nSPS) is 12.6. The van der Waals surface area contributed by atoms with Crippen molar-refractivity contribution in [2.24, 2.45) is 5.73 Å². The molecule has 0 aliphatic carbocycles. The Morgan fingerprint density at radius 1 is 1.12 bits per heavy atom. The molecule has 166 valence electrons. The van der Waals surface area contributed by atoms with Crippen LogP contribution in [0.15, 0.2) is 40.8 Å². The second-order valence-electron chi connectivity index (χ2n) is 7.59. The topological polar surface area (TPSA) is 124 Å². The molecule has 0 saturated carbocycles. The first-order valence-corrected chi connectivity index (χ1v) is 11.0. The Bertz CT molecular complexity index is 1390. The van der Waals surface area contributed by atoms with E-state index in [0.29, 0.717) is 63.1 Å². The van der Waals surface area contributed by atoms with Crippen molar-refractivity contribution in [1.29, 1.82) is 0 Å². The predicted molar refractivity (Wildman–Crippen MR) is 119 cm³/mol. The van der Waals surface area contributed by atoms with Gasteiger partial charge in [-0.25, -0.2) is 4.39 Å². The molecular formula is C23H18FN5O3S. The van der Waals surface area contributed by atoms with E-state index in [1.54, 1.807) is 31.2 Å². The smallest absolute Gasteiger partial charge is 0.258 e. The molecule has 1 aliphatic rings. The molecule has 1 aliphatic heterocycles. The van der Waals surface area contributed by atoms with Gasteiger partial charge in [-0.3, -0.25) is 14.6 Å². The van der Waals surface area contributed by atoms with Crippen LogP contribution in [0.25, 0.3) is 21.9 Å². The van der Waals surface area contributed by atoms with Crippen LogP contribution in [0.2, 0.25) is 0 Å². The van der Waals surface area contributed by atoms with Gasteiger partial charge in [0, 0.05) is 17.4 Å². The van der Waals surface area contributed by atoms with Crippen molar-refractivity contribution in [3.8, 4) is 21.9 Å². The Kier molecular flexibility index (Phi) is 5.21. The first kappa shape index (κ1) is 21.0. The molecule has 0 atom stereocenters. The van der Waals surface area contributed by atoms with Gasteiger partial charge in [0.1, 0.15) is 5.82 Å². The molecule has 1 aromatic carbocycles. The zero-order valence-electron chi connectivity index (χ0n) is 17.5. The third-order valence-corrected chi connectivity index (χ3v) is 6.51. The van der Waals surface area contributed by atoms with Crippen LogP contribution in [-0.4, -0.2) is 27.0 Å². The van der Waals surface area contributed by atoms with Gasteiger partial charge in [-0.1, -0.05) is 12.1 Å². The summed E-state index contributed by atoms with van der Waals surface area (Å²) in [6.07, 6.45) is 1.08. The SMILES string of the molecule is Cc1nnc(-c2c(CCc3ccc(F)cc3)nc3c(c2-c2ccc(C(N)=O)s2)C(=O)NC3)o1. The van der Waals surface area contributed by atoms with E-state index in [-0.39, 0.29) is 17.6 Å². The molecule has 4 heterocycles. The number of nitrogens with two attached hydrogens (primary N) is 1. The molecule has 33 heavy (non-hydrogen) atoms. The number of amides is 2. The number of carbonyl (C=O) groups is 2. The highest BCUT2D eigenvalue weighted by Gasteiger charge is 2.32. The number of pyridine rings is 1. The van der Waals surface area contributed by atoms with E-state index in [2.05, 4.69) is 15.5 Å². The second kappa shape index (κ2) is 8.21. The molecule has 5 rings (SSSR count). The molecule has 0 radical (unpaired) electrons. The molecule has 8 nitrogen and oxygen atoms in total. The van der Waals surface area contributed by atoms with Gasteiger partial charge < -0.3 is 15.5 Å². The van der Waals surface area contributed by atoms with Gasteiger partial charge in [-0.05, 0) is 42.7 Å². The number of primary amides is 1. The van der Waals surface area contributed by atoms with Gasteiger partial charge in [0.25, 0.3) is 11.8 Å². The molecule has 4 aromatic rings. The minimum atomic E-state index is -0.548. The van der Waals surface area contributed by atoms with Crippen molar-refractivity contribution in [1.82, 2.24) is 20.5 Å². The zero-order valence-corrected chi connectivity index (χ0v) is 18.3.